The number of ether oxygens (including phenoxy) is 1. The lowest BCUT2D eigenvalue weighted by atomic mass is 10.2. The minimum atomic E-state index is 0.516. The summed E-state index contributed by atoms with van der Waals surface area (Å²) in [7, 11) is 0. The zero-order valence-corrected chi connectivity index (χ0v) is 7.57. The first-order valence-corrected chi connectivity index (χ1v) is 4.72. The molecule has 0 radical (unpaired) electrons. The Labute approximate surface area is 78.1 Å². The first kappa shape index (κ1) is 8.51. The van der Waals surface area contributed by atoms with Crippen LogP contribution in [0.15, 0.2) is 24.4 Å². The molecule has 2 heterocycles. The van der Waals surface area contributed by atoms with Crippen molar-refractivity contribution in [3.63, 3.8) is 0 Å². The van der Waals surface area contributed by atoms with E-state index in [1.165, 1.54) is 12.8 Å². The highest BCUT2D eigenvalue weighted by molar-refractivity contribution is 5.09. The number of hydrogen-bond acceptors (Lipinski definition) is 3. The molecule has 1 fully saturated rings. The Morgan fingerprint density at radius 3 is 3.23 bits per heavy atom. The van der Waals surface area contributed by atoms with E-state index in [-0.39, 0.29) is 0 Å². The van der Waals surface area contributed by atoms with Crippen molar-refractivity contribution < 1.29 is 4.74 Å². The van der Waals surface area contributed by atoms with Gasteiger partial charge in [-0.25, -0.2) is 4.98 Å². The third-order valence-corrected chi connectivity index (χ3v) is 2.23. The van der Waals surface area contributed by atoms with Gasteiger partial charge in [0.25, 0.3) is 0 Å². The summed E-state index contributed by atoms with van der Waals surface area (Å²) in [6, 6.07) is 6.22. The lowest BCUT2D eigenvalue weighted by Gasteiger charge is -2.10. The molecule has 0 aromatic carbocycles. The number of rotatable bonds is 3. The Bertz CT molecular complexity index is 244. The summed E-state index contributed by atoms with van der Waals surface area (Å²) in [5, 5.41) is 3.37. The van der Waals surface area contributed by atoms with Crippen molar-refractivity contribution in [1.82, 2.24) is 10.3 Å². The lowest BCUT2D eigenvalue weighted by molar-refractivity contribution is 0.267. The Balaban J connectivity index is 1.79. The lowest BCUT2D eigenvalue weighted by Crippen LogP contribution is -2.28. The van der Waals surface area contributed by atoms with Crippen LogP contribution in [0.4, 0.5) is 0 Å². The van der Waals surface area contributed by atoms with Gasteiger partial charge in [0, 0.05) is 18.3 Å². The summed E-state index contributed by atoms with van der Waals surface area (Å²) in [4.78, 5) is 4.09. The molecule has 70 valence electrons. The third-order valence-electron chi connectivity index (χ3n) is 2.23. The van der Waals surface area contributed by atoms with Gasteiger partial charge in [0.2, 0.25) is 5.88 Å². The van der Waals surface area contributed by atoms with Gasteiger partial charge < -0.3 is 10.1 Å². The molecule has 0 aliphatic carbocycles. The number of pyridine rings is 1. The van der Waals surface area contributed by atoms with Crippen LogP contribution in [0.25, 0.3) is 0 Å². The Hall–Kier alpha value is -1.09. The molecule has 0 saturated carbocycles. The van der Waals surface area contributed by atoms with Gasteiger partial charge >= 0.3 is 0 Å². The van der Waals surface area contributed by atoms with Crippen molar-refractivity contribution >= 4 is 0 Å². The van der Waals surface area contributed by atoms with Crippen molar-refractivity contribution in [2.75, 3.05) is 13.2 Å². The van der Waals surface area contributed by atoms with Crippen molar-refractivity contribution in [2.45, 2.75) is 18.9 Å². The number of nitrogens with zero attached hydrogens (tertiary/aromatic N) is 1. The van der Waals surface area contributed by atoms with Gasteiger partial charge in [0.15, 0.2) is 0 Å². The predicted molar refractivity (Wildman–Crippen MR) is 50.8 cm³/mol. The molecule has 1 unspecified atom stereocenters. The van der Waals surface area contributed by atoms with Crippen LogP contribution in [-0.2, 0) is 0 Å². The van der Waals surface area contributed by atoms with Crippen LogP contribution in [-0.4, -0.2) is 24.2 Å². The standard InChI is InChI=1S/C10H14N2O/c1-2-6-12-10(5-1)13-8-9-4-3-7-11-9/h1-2,5-6,9,11H,3-4,7-8H2. The van der Waals surface area contributed by atoms with Crippen LogP contribution >= 0.6 is 0 Å². The molecule has 0 bridgehead atoms. The van der Waals surface area contributed by atoms with Crippen LogP contribution in [0.2, 0.25) is 0 Å². The second kappa shape index (κ2) is 4.23. The van der Waals surface area contributed by atoms with E-state index in [0.717, 1.165) is 19.0 Å². The average Bonchev–Trinajstić information content (AvgIpc) is 2.69. The van der Waals surface area contributed by atoms with Gasteiger partial charge in [0.05, 0.1) is 0 Å². The van der Waals surface area contributed by atoms with Gasteiger partial charge in [0.1, 0.15) is 6.61 Å². The van der Waals surface area contributed by atoms with E-state index in [4.69, 9.17) is 4.74 Å². The largest absolute Gasteiger partial charge is 0.476 e. The van der Waals surface area contributed by atoms with E-state index in [1.807, 2.05) is 18.2 Å². The van der Waals surface area contributed by atoms with Crippen LogP contribution in [0.1, 0.15) is 12.8 Å². The van der Waals surface area contributed by atoms with Crippen LogP contribution in [0.3, 0.4) is 0 Å². The molecule has 1 aliphatic rings. The fourth-order valence-electron chi connectivity index (χ4n) is 1.52. The van der Waals surface area contributed by atoms with Gasteiger partial charge in [-0.3, -0.25) is 0 Å². The number of aromatic nitrogens is 1. The zero-order valence-electron chi connectivity index (χ0n) is 7.57. The first-order valence-electron chi connectivity index (χ1n) is 4.72. The fraction of sp³-hybridized carbons (Fsp3) is 0.500. The fourth-order valence-corrected chi connectivity index (χ4v) is 1.52. The molecular formula is C10H14N2O. The maximum Gasteiger partial charge on any atom is 0.213 e. The highest BCUT2D eigenvalue weighted by atomic mass is 16.5. The summed E-state index contributed by atoms with van der Waals surface area (Å²) in [5.41, 5.74) is 0. The molecule has 0 amide bonds. The van der Waals surface area contributed by atoms with E-state index < -0.39 is 0 Å². The molecule has 13 heavy (non-hydrogen) atoms. The number of nitrogens with one attached hydrogen (secondary N) is 1. The van der Waals surface area contributed by atoms with Gasteiger partial charge in [-0.15, -0.1) is 0 Å². The Kier molecular flexibility index (Phi) is 2.77. The van der Waals surface area contributed by atoms with Gasteiger partial charge in [-0.05, 0) is 25.5 Å². The highest BCUT2D eigenvalue weighted by Gasteiger charge is 2.14. The van der Waals surface area contributed by atoms with Crippen molar-refractivity contribution in [3.05, 3.63) is 24.4 Å². The maximum absolute atomic E-state index is 5.52. The summed E-state index contributed by atoms with van der Waals surface area (Å²) < 4.78 is 5.52. The Morgan fingerprint density at radius 1 is 1.54 bits per heavy atom. The summed E-state index contributed by atoms with van der Waals surface area (Å²) in [6.07, 6.45) is 4.22. The summed E-state index contributed by atoms with van der Waals surface area (Å²) in [5.74, 6) is 0.719. The molecule has 1 atom stereocenters. The van der Waals surface area contributed by atoms with Gasteiger partial charge in [-0.2, -0.15) is 0 Å². The van der Waals surface area contributed by atoms with E-state index >= 15 is 0 Å². The molecule has 1 saturated heterocycles. The normalized spacial score (nSPS) is 21.7. The van der Waals surface area contributed by atoms with Crippen molar-refractivity contribution in [1.29, 1.82) is 0 Å². The molecule has 3 nitrogen and oxygen atoms in total. The smallest absolute Gasteiger partial charge is 0.213 e. The Morgan fingerprint density at radius 2 is 2.54 bits per heavy atom. The average molecular weight is 178 g/mol. The monoisotopic (exact) mass is 178 g/mol. The molecule has 0 spiro atoms. The minimum Gasteiger partial charge on any atom is -0.476 e. The van der Waals surface area contributed by atoms with Crippen molar-refractivity contribution in [3.8, 4) is 5.88 Å². The molecule has 1 aromatic heterocycles. The molecule has 2 rings (SSSR count). The van der Waals surface area contributed by atoms with E-state index in [2.05, 4.69) is 10.3 Å². The molecule has 3 heteroatoms. The van der Waals surface area contributed by atoms with Crippen LogP contribution in [0, 0.1) is 0 Å². The molecule has 1 N–H and O–H groups in total. The third kappa shape index (κ3) is 2.42. The van der Waals surface area contributed by atoms with E-state index in [0.29, 0.717) is 6.04 Å². The predicted octanol–water partition coefficient (Wildman–Crippen LogP) is 1.21. The summed E-state index contributed by atoms with van der Waals surface area (Å²) >= 11 is 0. The first-order chi connectivity index (χ1) is 6.45. The molecular weight excluding hydrogens is 164 g/mol. The minimum absolute atomic E-state index is 0.516. The highest BCUT2D eigenvalue weighted by Crippen LogP contribution is 2.08. The van der Waals surface area contributed by atoms with Gasteiger partial charge in [-0.1, -0.05) is 6.07 Å². The second-order valence-corrected chi connectivity index (χ2v) is 3.27. The number of hydrogen-bond donors (Lipinski definition) is 1. The maximum atomic E-state index is 5.52. The van der Waals surface area contributed by atoms with E-state index in [1.54, 1.807) is 6.20 Å². The van der Waals surface area contributed by atoms with Crippen LogP contribution in [0.5, 0.6) is 5.88 Å². The zero-order chi connectivity index (χ0) is 8.93. The second-order valence-electron chi connectivity index (χ2n) is 3.27. The summed E-state index contributed by atoms with van der Waals surface area (Å²) in [6.45, 7) is 1.85. The van der Waals surface area contributed by atoms with Crippen LogP contribution < -0.4 is 10.1 Å². The SMILES string of the molecule is c1ccc(OCC2CCCN2)nc1. The quantitative estimate of drug-likeness (QED) is 0.755. The van der Waals surface area contributed by atoms with Crippen molar-refractivity contribution in [2.24, 2.45) is 0 Å². The van der Waals surface area contributed by atoms with E-state index in [9.17, 15) is 0 Å². The molecule has 1 aromatic rings. The topological polar surface area (TPSA) is 34.1 Å². The molecule has 1 aliphatic heterocycles.